The second-order valence-corrected chi connectivity index (χ2v) is 9.11. The molecule has 0 bridgehead atoms. The molecule has 5 rings (SSSR count). The quantitative estimate of drug-likeness (QED) is 0.318. The molecule has 4 heterocycles. The number of hydrazone groups is 1. The molecule has 0 spiro atoms. The number of benzene rings is 1. The largest absolute Gasteiger partial charge is 0.493 e. The van der Waals surface area contributed by atoms with Crippen LogP contribution in [0.1, 0.15) is 22.9 Å². The summed E-state index contributed by atoms with van der Waals surface area (Å²) in [5, 5.41) is 16.5. The lowest BCUT2D eigenvalue weighted by atomic mass is 10.0. The number of thioether (sulfide) groups is 1. The summed E-state index contributed by atoms with van der Waals surface area (Å²) in [4.78, 5) is 14.3. The number of rotatable bonds is 8. The zero-order valence-corrected chi connectivity index (χ0v) is 20.0. The standard InChI is InChI=1S/C23H20N4O5S2/c1-29-17-8-7-14(11-19(17)30-2)16-12-15(20-6-4-10-33-20)26-27(16)21(28)13-34-23-25-24-22(32-23)18-5-3-9-31-18/h3-11,16H,12-13H2,1-2H3/t16-/m0/s1. The third-order valence-electron chi connectivity index (χ3n) is 5.22. The molecule has 0 N–H and O–H groups in total. The van der Waals surface area contributed by atoms with Crippen LogP contribution < -0.4 is 9.47 Å². The smallest absolute Gasteiger partial charge is 0.284 e. The van der Waals surface area contributed by atoms with Gasteiger partial charge in [-0.3, -0.25) is 4.79 Å². The summed E-state index contributed by atoms with van der Waals surface area (Å²) in [5.74, 6) is 1.88. The van der Waals surface area contributed by atoms with Crippen molar-refractivity contribution in [1.82, 2.24) is 15.2 Å². The molecule has 34 heavy (non-hydrogen) atoms. The van der Waals surface area contributed by atoms with Crippen molar-refractivity contribution in [3.05, 3.63) is 64.5 Å². The first-order valence-electron chi connectivity index (χ1n) is 10.3. The Balaban J connectivity index is 1.36. The van der Waals surface area contributed by atoms with E-state index in [1.54, 1.807) is 37.7 Å². The van der Waals surface area contributed by atoms with Gasteiger partial charge in [0, 0.05) is 6.42 Å². The fraction of sp³-hybridized carbons (Fsp3) is 0.217. The molecule has 0 fully saturated rings. The highest BCUT2D eigenvalue weighted by Gasteiger charge is 2.34. The minimum absolute atomic E-state index is 0.0881. The molecule has 174 valence electrons. The highest BCUT2D eigenvalue weighted by molar-refractivity contribution is 7.99. The Labute approximate surface area is 203 Å². The van der Waals surface area contributed by atoms with Gasteiger partial charge in [0.05, 0.1) is 42.9 Å². The van der Waals surface area contributed by atoms with Crippen LogP contribution in [-0.2, 0) is 4.79 Å². The van der Waals surface area contributed by atoms with E-state index < -0.39 is 0 Å². The number of carbonyl (C=O) groups is 1. The minimum atomic E-state index is -0.272. The van der Waals surface area contributed by atoms with Gasteiger partial charge in [0.25, 0.3) is 17.0 Å². The van der Waals surface area contributed by atoms with Gasteiger partial charge in [0.2, 0.25) is 0 Å². The number of hydrogen-bond acceptors (Lipinski definition) is 10. The summed E-state index contributed by atoms with van der Waals surface area (Å²) in [5.41, 5.74) is 1.77. The average molecular weight is 497 g/mol. The Kier molecular flexibility index (Phi) is 6.37. The lowest BCUT2D eigenvalue weighted by Gasteiger charge is -2.22. The van der Waals surface area contributed by atoms with Crippen LogP contribution in [0.15, 0.2) is 73.3 Å². The van der Waals surface area contributed by atoms with Crippen molar-refractivity contribution in [2.75, 3.05) is 20.0 Å². The number of furan rings is 1. The third-order valence-corrected chi connectivity index (χ3v) is 6.94. The molecule has 0 unspecified atom stereocenters. The van der Waals surface area contributed by atoms with E-state index in [2.05, 4.69) is 15.3 Å². The van der Waals surface area contributed by atoms with E-state index in [-0.39, 0.29) is 28.8 Å². The summed E-state index contributed by atoms with van der Waals surface area (Å²) in [7, 11) is 3.18. The number of aromatic nitrogens is 2. The molecule has 0 radical (unpaired) electrons. The second-order valence-electron chi connectivity index (χ2n) is 7.24. The van der Waals surface area contributed by atoms with E-state index in [0.717, 1.165) is 27.9 Å². The number of hydrogen-bond donors (Lipinski definition) is 0. The van der Waals surface area contributed by atoms with Gasteiger partial charge in [-0.2, -0.15) is 5.10 Å². The topological polar surface area (TPSA) is 103 Å². The Morgan fingerprint density at radius 2 is 2.06 bits per heavy atom. The molecule has 1 aliphatic heterocycles. The lowest BCUT2D eigenvalue weighted by Crippen LogP contribution is -2.28. The summed E-state index contributed by atoms with van der Waals surface area (Å²) >= 11 is 2.75. The van der Waals surface area contributed by atoms with Gasteiger partial charge in [-0.25, -0.2) is 5.01 Å². The van der Waals surface area contributed by atoms with Crippen molar-refractivity contribution in [2.45, 2.75) is 17.7 Å². The van der Waals surface area contributed by atoms with E-state index in [9.17, 15) is 4.79 Å². The van der Waals surface area contributed by atoms with Gasteiger partial charge in [-0.15, -0.1) is 21.5 Å². The molecule has 1 aliphatic rings. The molecular formula is C23H20N4O5S2. The first-order chi connectivity index (χ1) is 16.7. The van der Waals surface area contributed by atoms with E-state index >= 15 is 0 Å². The maximum absolute atomic E-state index is 13.3. The molecule has 0 saturated heterocycles. The molecule has 11 heteroatoms. The van der Waals surface area contributed by atoms with Crippen LogP contribution in [0.2, 0.25) is 0 Å². The molecule has 1 amide bonds. The second kappa shape index (κ2) is 9.74. The highest BCUT2D eigenvalue weighted by Crippen LogP contribution is 2.38. The summed E-state index contributed by atoms with van der Waals surface area (Å²) in [6, 6.07) is 12.8. The van der Waals surface area contributed by atoms with E-state index in [0.29, 0.717) is 23.7 Å². The van der Waals surface area contributed by atoms with Crippen LogP contribution in [-0.4, -0.2) is 46.8 Å². The Bertz CT molecular complexity index is 1300. The van der Waals surface area contributed by atoms with Crippen LogP contribution in [0.25, 0.3) is 11.7 Å². The number of methoxy groups -OCH3 is 2. The van der Waals surface area contributed by atoms with Crippen molar-refractivity contribution in [3.8, 4) is 23.1 Å². The molecule has 1 atom stereocenters. The van der Waals surface area contributed by atoms with Crippen molar-refractivity contribution < 1.29 is 23.1 Å². The molecule has 4 aromatic rings. The molecule has 0 saturated carbocycles. The third kappa shape index (κ3) is 4.44. The first-order valence-corrected chi connectivity index (χ1v) is 12.2. The maximum Gasteiger partial charge on any atom is 0.284 e. The monoisotopic (exact) mass is 496 g/mol. The number of ether oxygens (including phenoxy) is 2. The Hall–Kier alpha value is -3.57. The van der Waals surface area contributed by atoms with Crippen LogP contribution >= 0.6 is 23.1 Å². The van der Waals surface area contributed by atoms with Crippen LogP contribution in [0.3, 0.4) is 0 Å². The van der Waals surface area contributed by atoms with Gasteiger partial charge in [0.1, 0.15) is 0 Å². The Morgan fingerprint density at radius 1 is 1.18 bits per heavy atom. The van der Waals surface area contributed by atoms with Crippen LogP contribution in [0, 0.1) is 0 Å². The first kappa shape index (κ1) is 22.2. The minimum Gasteiger partial charge on any atom is -0.493 e. The Morgan fingerprint density at radius 3 is 2.79 bits per heavy atom. The van der Waals surface area contributed by atoms with Gasteiger partial charge in [-0.1, -0.05) is 23.9 Å². The molecule has 3 aromatic heterocycles. The summed E-state index contributed by atoms with van der Waals surface area (Å²) in [6.45, 7) is 0. The van der Waals surface area contributed by atoms with E-state index in [1.165, 1.54) is 11.3 Å². The predicted octanol–water partition coefficient (Wildman–Crippen LogP) is 4.88. The van der Waals surface area contributed by atoms with Crippen molar-refractivity contribution in [1.29, 1.82) is 0 Å². The van der Waals surface area contributed by atoms with Crippen molar-refractivity contribution in [2.24, 2.45) is 5.10 Å². The predicted molar refractivity (Wildman–Crippen MR) is 127 cm³/mol. The van der Waals surface area contributed by atoms with E-state index in [4.69, 9.17) is 18.3 Å². The van der Waals surface area contributed by atoms with Crippen molar-refractivity contribution >= 4 is 34.7 Å². The SMILES string of the molecule is COc1ccc([C@@H]2CC(c3cccs3)=NN2C(=O)CSc2nnc(-c3ccco3)o2)cc1OC. The number of nitrogens with zero attached hydrogens (tertiary/aromatic N) is 4. The molecule has 1 aromatic carbocycles. The van der Waals surface area contributed by atoms with Gasteiger partial charge < -0.3 is 18.3 Å². The fourth-order valence-corrected chi connectivity index (χ4v) is 4.95. The zero-order chi connectivity index (χ0) is 23.5. The highest BCUT2D eigenvalue weighted by atomic mass is 32.2. The van der Waals surface area contributed by atoms with Crippen LogP contribution in [0.5, 0.6) is 11.5 Å². The number of amides is 1. The molecule has 9 nitrogen and oxygen atoms in total. The summed E-state index contributed by atoms with van der Waals surface area (Å²) < 4.78 is 21.7. The average Bonchev–Trinajstić information content (AvgIpc) is 3.68. The van der Waals surface area contributed by atoms with Gasteiger partial charge >= 0.3 is 0 Å². The number of carbonyl (C=O) groups excluding carboxylic acids is 1. The summed E-state index contributed by atoms with van der Waals surface area (Å²) in [6.07, 6.45) is 2.12. The van der Waals surface area contributed by atoms with Crippen molar-refractivity contribution in [3.63, 3.8) is 0 Å². The molecule has 0 aliphatic carbocycles. The van der Waals surface area contributed by atoms with E-state index in [1.807, 2.05) is 35.7 Å². The fourth-order valence-electron chi connectivity index (χ4n) is 3.61. The van der Waals surface area contributed by atoms with Gasteiger partial charge in [-0.05, 0) is 41.3 Å². The molecular weight excluding hydrogens is 476 g/mol. The van der Waals surface area contributed by atoms with Gasteiger partial charge in [0.15, 0.2) is 17.3 Å². The number of thiophene rings is 1. The lowest BCUT2D eigenvalue weighted by molar-refractivity contribution is -0.130. The maximum atomic E-state index is 13.3. The van der Waals surface area contributed by atoms with Crippen LogP contribution in [0.4, 0.5) is 0 Å². The zero-order valence-electron chi connectivity index (χ0n) is 18.3. The normalized spacial score (nSPS) is 15.4.